The van der Waals surface area contributed by atoms with E-state index in [2.05, 4.69) is 31.6 Å². The Morgan fingerprint density at radius 2 is 2.16 bits per heavy atom. The first-order valence-corrected chi connectivity index (χ1v) is 9.38. The molecule has 1 amide bonds. The number of aryl methyl sites for hydroxylation is 1. The van der Waals surface area contributed by atoms with E-state index in [0.717, 1.165) is 31.4 Å². The minimum absolute atomic E-state index is 0. The van der Waals surface area contributed by atoms with Crippen molar-refractivity contribution in [3.8, 4) is 0 Å². The molecule has 6 nitrogen and oxygen atoms in total. The molecule has 2 unspecified atom stereocenters. The van der Waals surface area contributed by atoms with Crippen LogP contribution in [0, 0.1) is 5.92 Å². The van der Waals surface area contributed by atoms with Crippen LogP contribution in [0.15, 0.2) is 12.4 Å². The van der Waals surface area contributed by atoms with Crippen LogP contribution in [0.3, 0.4) is 0 Å². The van der Waals surface area contributed by atoms with E-state index in [1.165, 1.54) is 25.7 Å². The quantitative estimate of drug-likeness (QED) is 0.829. The topological polar surface area (TPSA) is 53.4 Å². The third kappa shape index (κ3) is 4.01. The first-order chi connectivity index (χ1) is 11.6. The molecule has 0 radical (unpaired) electrons. The summed E-state index contributed by atoms with van der Waals surface area (Å²) < 4.78 is 2.07. The zero-order valence-electron chi connectivity index (χ0n) is 15.2. The Balaban J connectivity index is 0.00000182. The molecule has 25 heavy (non-hydrogen) atoms. The molecular weight excluding hydrogens is 338 g/mol. The second kappa shape index (κ2) is 7.64. The summed E-state index contributed by atoms with van der Waals surface area (Å²) in [6.45, 7) is 5.48. The van der Waals surface area contributed by atoms with Crippen molar-refractivity contribution in [1.29, 1.82) is 0 Å². The molecule has 2 saturated carbocycles. The summed E-state index contributed by atoms with van der Waals surface area (Å²) in [4.78, 5) is 22.2. The number of aromatic nitrogens is 2. The van der Waals surface area contributed by atoms with Crippen molar-refractivity contribution in [1.82, 2.24) is 24.7 Å². The van der Waals surface area contributed by atoms with Gasteiger partial charge in [-0.2, -0.15) is 0 Å². The molecule has 1 saturated heterocycles. The number of piperazine rings is 1. The molecule has 1 aliphatic heterocycles. The summed E-state index contributed by atoms with van der Waals surface area (Å²) in [6, 6.07) is 1.10. The van der Waals surface area contributed by atoms with E-state index >= 15 is 0 Å². The standard InChI is InChI=1S/C18H29N5O.ClH/c1-13(14-3-4-14)23(15-5-6-15)17(24)12-22-10-7-19-11-16(22)18-20-8-9-21(18)2;/h8-9,13-16,19H,3-7,10-12H2,1-2H3;1H. The number of rotatable bonds is 6. The van der Waals surface area contributed by atoms with Crippen LogP contribution in [0.5, 0.6) is 0 Å². The van der Waals surface area contributed by atoms with E-state index in [4.69, 9.17) is 0 Å². The van der Waals surface area contributed by atoms with Gasteiger partial charge >= 0.3 is 0 Å². The Morgan fingerprint density at radius 3 is 2.76 bits per heavy atom. The average molecular weight is 368 g/mol. The summed E-state index contributed by atoms with van der Waals surface area (Å²) in [6.07, 6.45) is 8.79. The van der Waals surface area contributed by atoms with Gasteiger partial charge < -0.3 is 14.8 Å². The van der Waals surface area contributed by atoms with Gasteiger partial charge in [0.05, 0.1) is 12.6 Å². The molecule has 1 aromatic rings. The van der Waals surface area contributed by atoms with Crippen LogP contribution in [-0.2, 0) is 11.8 Å². The molecule has 1 aromatic heterocycles. The molecule has 0 aromatic carbocycles. The average Bonchev–Trinajstić information content (AvgIpc) is 3.47. The van der Waals surface area contributed by atoms with Gasteiger partial charge in [0.2, 0.25) is 5.91 Å². The minimum Gasteiger partial charge on any atom is -0.337 e. The molecule has 2 atom stereocenters. The number of halogens is 1. The van der Waals surface area contributed by atoms with Gasteiger partial charge in [-0.25, -0.2) is 4.98 Å². The number of nitrogens with zero attached hydrogens (tertiary/aromatic N) is 4. The minimum atomic E-state index is 0. The van der Waals surface area contributed by atoms with Crippen molar-refractivity contribution in [2.24, 2.45) is 13.0 Å². The maximum absolute atomic E-state index is 13.1. The van der Waals surface area contributed by atoms with Crippen LogP contribution in [0.4, 0.5) is 0 Å². The lowest BCUT2D eigenvalue weighted by atomic mass is 10.1. The Kier molecular flexibility index (Phi) is 5.71. The Morgan fingerprint density at radius 1 is 1.40 bits per heavy atom. The van der Waals surface area contributed by atoms with Crippen LogP contribution in [0.2, 0.25) is 0 Å². The number of imidazole rings is 1. The summed E-state index contributed by atoms with van der Waals surface area (Å²) >= 11 is 0. The van der Waals surface area contributed by atoms with Crippen molar-refractivity contribution in [3.05, 3.63) is 18.2 Å². The molecule has 1 N–H and O–H groups in total. The smallest absolute Gasteiger partial charge is 0.237 e. The van der Waals surface area contributed by atoms with Gasteiger partial charge in [0.25, 0.3) is 0 Å². The maximum Gasteiger partial charge on any atom is 0.237 e. The highest BCUT2D eigenvalue weighted by Gasteiger charge is 2.42. The van der Waals surface area contributed by atoms with Crippen LogP contribution in [0.25, 0.3) is 0 Å². The summed E-state index contributed by atoms with van der Waals surface area (Å²) in [5, 5.41) is 3.45. The number of hydrogen-bond donors (Lipinski definition) is 1. The Bertz CT molecular complexity index is 598. The van der Waals surface area contributed by atoms with Gasteiger partial charge in [-0.05, 0) is 38.5 Å². The zero-order chi connectivity index (χ0) is 16.7. The van der Waals surface area contributed by atoms with Gasteiger partial charge in [-0.3, -0.25) is 9.69 Å². The molecule has 2 heterocycles. The van der Waals surface area contributed by atoms with Gasteiger partial charge in [0.1, 0.15) is 5.82 Å². The summed E-state index contributed by atoms with van der Waals surface area (Å²) in [5.74, 6) is 2.10. The molecule has 3 aliphatic rings. The summed E-state index contributed by atoms with van der Waals surface area (Å²) in [5.41, 5.74) is 0. The van der Waals surface area contributed by atoms with Crippen LogP contribution >= 0.6 is 12.4 Å². The third-order valence-corrected chi connectivity index (χ3v) is 5.82. The fourth-order valence-electron chi connectivity index (χ4n) is 4.07. The fourth-order valence-corrected chi connectivity index (χ4v) is 4.07. The van der Waals surface area contributed by atoms with Crippen LogP contribution in [-0.4, -0.2) is 63.5 Å². The van der Waals surface area contributed by atoms with E-state index in [1.54, 1.807) is 0 Å². The Labute approximate surface area is 156 Å². The second-order valence-electron chi connectivity index (χ2n) is 7.70. The van der Waals surface area contributed by atoms with Crippen molar-refractivity contribution < 1.29 is 4.79 Å². The van der Waals surface area contributed by atoms with Crippen LogP contribution in [0.1, 0.15) is 44.5 Å². The number of carbonyl (C=O) groups is 1. The number of nitrogens with one attached hydrogen (secondary N) is 1. The highest BCUT2D eigenvalue weighted by molar-refractivity contribution is 5.85. The SMILES string of the molecule is CC(C1CC1)N(C(=O)CN1CCNCC1c1nccn1C)C1CC1.Cl. The molecule has 4 rings (SSSR count). The fraction of sp³-hybridized carbons (Fsp3) is 0.778. The lowest BCUT2D eigenvalue weighted by molar-refractivity contribution is -0.136. The maximum atomic E-state index is 13.1. The predicted octanol–water partition coefficient (Wildman–Crippen LogP) is 1.58. The number of hydrogen-bond acceptors (Lipinski definition) is 4. The second-order valence-corrected chi connectivity index (χ2v) is 7.70. The van der Waals surface area contributed by atoms with Gasteiger partial charge in [0, 0.05) is 51.2 Å². The summed E-state index contributed by atoms with van der Waals surface area (Å²) in [7, 11) is 2.03. The third-order valence-electron chi connectivity index (χ3n) is 5.82. The monoisotopic (exact) mass is 367 g/mol. The molecule has 7 heteroatoms. The molecule has 0 bridgehead atoms. The highest BCUT2D eigenvalue weighted by atomic mass is 35.5. The van der Waals surface area contributed by atoms with Crippen molar-refractivity contribution in [2.45, 2.75) is 50.7 Å². The normalized spacial score (nSPS) is 25.3. The van der Waals surface area contributed by atoms with Gasteiger partial charge in [0.15, 0.2) is 0 Å². The van der Waals surface area contributed by atoms with Crippen molar-refractivity contribution in [3.63, 3.8) is 0 Å². The highest BCUT2D eigenvalue weighted by Crippen LogP contribution is 2.40. The molecule has 3 fully saturated rings. The number of carbonyl (C=O) groups excluding carboxylic acids is 1. The van der Waals surface area contributed by atoms with E-state index in [0.29, 0.717) is 24.5 Å². The van der Waals surface area contributed by atoms with E-state index in [-0.39, 0.29) is 18.4 Å². The first kappa shape index (κ1) is 18.7. The lowest BCUT2D eigenvalue weighted by Crippen LogP contribution is -2.52. The van der Waals surface area contributed by atoms with Crippen molar-refractivity contribution >= 4 is 18.3 Å². The van der Waals surface area contributed by atoms with E-state index in [1.807, 2.05) is 19.4 Å². The van der Waals surface area contributed by atoms with E-state index < -0.39 is 0 Å². The first-order valence-electron chi connectivity index (χ1n) is 9.38. The lowest BCUT2D eigenvalue weighted by Gasteiger charge is -2.38. The predicted molar refractivity (Wildman–Crippen MR) is 99.7 cm³/mol. The van der Waals surface area contributed by atoms with Crippen LogP contribution < -0.4 is 5.32 Å². The molecular formula is C18H30ClN5O. The Hall–Kier alpha value is -1.11. The van der Waals surface area contributed by atoms with Crippen molar-refractivity contribution in [2.75, 3.05) is 26.2 Å². The molecule has 0 spiro atoms. The molecule has 140 valence electrons. The van der Waals surface area contributed by atoms with E-state index in [9.17, 15) is 4.79 Å². The molecule has 2 aliphatic carbocycles. The largest absolute Gasteiger partial charge is 0.337 e. The zero-order valence-corrected chi connectivity index (χ0v) is 16.0. The van der Waals surface area contributed by atoms with Gasteiger partial charge in [-0.1, -0.05) is 0 Å². The van der Waals surface area contributed by atoms with Gasteiger partial charge in [-0.15, -0.1) is 12.4 Å². The number of amides is 1.